The third-order valence-corrected chi connectivity index (χ3v) is 15.1. The lowest BCUT2D eigenvalue weighted by atomic mass is 10.0. The van der Waals surface area contributed by atoms with E-state index in [4.69, 9.17) is 16.6 Å². The lowest BCUT2D eigenvalue weighted by Crippen LogP contribution is -2.60. The first-order valence-corrected chi connectivity index (χ1v) is 28.3. The van der Waals surface area contributed by atoms with Crippen LogP contribution < -0.4 is 38.1 Å². The van der Waals surface area contributed by atoms with Crippen molar-refractivity contribution in [3.8, 4) is 5.75 Å². The Morgan fingerprint density at radius 2 is 1.08 bits per heavy atom. The zero-order chi connectivity index (χ0) is 57.1. The van der Waals surface area contributed by atoms with Crippen molar-refractivity contribution in [2.45, 2.75) is 158 Å². The minimum absolute atomic E-state index is 0.0233. The number of thioether (sulfide) groups is 1. The van der Waals surface area contributed by atoms with E-state index in [-0.39, 0.29) is 89.7 Å². The molecule has 0 aromatic heterocycles. The molecule has 9 atom stereocenters. The summed E-state index contributed by atoms with van der Waals surface area (Å²) < 4.78 is 0. The van der Waals surface area contributed by atoms with Crippen molar-refractivity contribution in [3.05, 3.63) is 65.7 Å². The largest absolute Gasteiger partial charge is 0.508 e. The van der Waals surface area contributed by atoms with Crippen molar-refractivity contribution in [2.75, 3.05) is 38.2 Å². The average Bonchev–Trinajstić information content (AvgIpc) is 4.23. The molecule has 0 radical (unpaired) electrons. The van der Waals surface area contributed by atoms with Gasteiger partial charge in [-0.1, -0.05) is 56.3 Å². The highest BCUT2D eigenvalue weighted by Gasteiger charge is 2.44. The lowest BCUT2D eigenvalue weighted by molar-refractivity contribution is -0.146. The number of nitrogens with two attached hydrogens (primary N) is 2. The number of phenols is 1. The first-order chi connectivity index (χ1) is 37.2. The summed E-state index contributed by atoms with van der Waals surface area (Å²) >= 11 is 1.44. The van der Waals surface area contributed by atoms with Gasteiger partial charge in [0, 0.05) is 38.9 Å². The number of carbonyl (C=O) groups is 10. The number of amides is 8. The van der Waals surface area contributed by atoms with Gasteiger partial charge in [0.2, 0.25) is 47.3 Å². The molecular weight excluding hydrogens is 1030 g/mol. The minimum Gasteiger partial charge on any atom is -0.508 e. The van der Waals surface area contributed by atoms with Gasteiger partial charge in [0.15, 0.2) is 0 Å². The van der Waals surface area contributed by atoms with E-state index in [1.54, 1.807) is 56.3 Å². The summed E-state index contributed by atoms with van der Waals surface area (Å²) in [6, 6.07) is 4.65. The fraction of sp³-hybridized carbons (Fsp3) is 0.593. The number of benzene rings is 2. The number of nitrogens with one attached hydrogen (secondary N) is 5. The van der Waals surface area contributed by atoms with Crippen molar-refractivity contribution in [1.29, 1.82) is 0 Å². The molecular formula is C54H78N10O13S. The van der Waals surface area contributed by atoms with Crippen LogP contribution in [0.2, 0.25) is 0 Å². The van der Waals surface area contributed by atoms with E-state index in [1.807, 2.05) is 6.26 Å². The van der Waals surface area contributed by atoms with Crippen molar-refractivity contribution >= 4 is 71.0 Å². The van der Waals surface area contributed by atoms with Crippen LogP contribution in [0.5, 0.6) is 5.75 Å². The molecule has 0 saturated carbocycles. The van der Waals surface area contributed by atoms with Gasteiger partial charge in [0.25, 0.3) is 0 Å². The second-order valence-corrected chi connectivity index (χ2v) is 21.5. The monoisotopic (exact) mass is 1110 g/mol. The summed E-state index contributed by atoms with van der Waals surface area (Å²) in [7, 11) is 0. The molecule has 3 saturated heterocycles. The van der Waals surface area contributed by atoms with Gasteiger partial charge >= 0.3 is 11.9 Å². The molecule has 0 unspecified atom stereocenters. The van der Waals surface area contributed by atoms with E-state index < -0.39 is 119 Å². The van der Waals surface area contributed by atoms with Gasteiger partial charge in [-0.3, -0.25) is 43.2 Å². The minimum atomic E-state index is -1.28. The van der Waals surface area contributed by atoms with Gasteiger partial charge in [-0.25, -0.2) is 4.79 Å². The quantitative estimate of drug-likeness (QED) is 0.0493. The number of nitrogens with zero attached hydrogens (tertiary/aromatic N) is 3. The van der Waals surface area contributed by atoms with Gasteiger partial charge in [0.1, 0.15) is 54.1 Å². The molecule has 5 rings (SSSR count). The standard InChI is InChI=1S/C54H78N10O13S/c1-32(2)45(54(76)77)61-50(72)43-17-11-28-64(43)52(74)39(31-34-18-20-35(65)21-19-34)59-47(69)37(14-7-8-25-55)57-48(70)41-15-10-27-63(41)53(75)40(30-33-12-5-4-6-13-33)60-49(71)42-16-9-26-62(42)51(73)38(24-29-78-3)58-46(68)36(56)22-23-44(66)67/h4-6,12-13,18-21,32,36-43,45,65H,7-11,14-17,22-31,55-56H2,1-3H3,(H,57,70)(H,58,68)(H,59,69)(H,60,71)(H,61,72)(H,66,67)(H,76,77)/t36-,37-,38-,39-,40-,41-,42-,43-,45-/m0/s1. The Balaban J connectivity index is 1.35. The Morgan fingerprint density at radius 3 is 1.56 bits per heavy atom. The Hall–Kier alpha value is -6.79. The van der Waals surface area contributed by atoms with E-state index in [0.717, 1.165) is 0 Å². The number of phenolic OH excluding ortho intramolecular Hbond substituents is 1. The van der Waals surface area contributed by atoms with E-state index >= 15 is 0 Å². The number of likely N-dealkylation sites (tertiary alicyclic amines) is 3. The molecule has 23 nitrogen and oxygen atoms in total. The predicted molar refractivity (Wildman–Crippen MR) is 289 cm³/mol. The number of carboxylic acid groups (broad SMARTS) is 2. The molecule has 0 spiro atoms. The smallest absolute Gasteiger partial charge is 0.326 e. The number of hydrogen-bond donors (Lipinski definition) is 10. The molecule has 0 bridgehead atoms. The molecule has 0 aliphatic carbocycles. The molecule has 3 fully saturated rings. The molecule has 78 heavy (non-hydrogen) atoms. The SMILES string of the molecule is CSCC[C@H](NC(=O)[C@@H](N)CCC(=O)O)C(=O)N1CCC[C@H]1C(=O)N[C@@H](Cc1ccccc1)C(=O)N1CCC[C@H]1C(=O)N[C@@H](CCCCN)C(=O)N[C@@H](Cc1ccc(O)cc1)C(=O)N1CCC[C@H]1C(=O)N[C@H](C(=O)O)C(C)C. The number of aliphatic carboxylic acids is 2. The van der Waals surface area contributed by atoms with Crippen molar-refractivity contribution in [3.63, 3.8) is 0 Å². The Labute approximate surface area is 459 Å². The highest BCUT2D eigenvalue weighted by atomic mass is 32.2. The molecule has 3 aliphatic heterocycles. The van der Waals surface area contributed by atoms with Crippen LogP contribution in [-0.4, -0.2) is 182 Å². The van der Waals surface area contributed by atoms with Crippen LogP contribution in [0.25, 0.3) is 0 Å². The van der Waals surface area contributed by atoms with Crippen molar-refractivity contribution < 1.29 is 63.3 Å². The topological polar surface area (TPSA) is 353 Å². The summed E-state index contributed by atoms with van der Waals surface area (Å²) in [6.45, 7) is 4.06. The number of carbonyl (C=O) groups excluding carboxylic acids is 8. The van der Waals surface area contributed by atoms with Gasteiger partial charge in [0.05, 0.1) is 6.04 Å². The van der Waals surface area contributed by atoms with Gasteiger partial charge < -0.3 is 68.1 Å². The van der Waals surface area contributed by atoms with Crippen LogP contribution in [-0.2, 0) is 60.8 Å². The second kappa shape index (κ2) is 30.4. The van der Waals surface area contributed by atoms with E-state index in [9.17, 15) is 58.2 Å². The van der Waals surface area contributed by atoms with Crippen LogP contribution in [0.3, 0.4) is 0 Å². The maximum absolute atomic E-state index is 14.9. The Bertz CT molecular complexity index is 2420. The number of carboxylic acids is 2. The third-order valence-electron chi connectivity index (χ3n) is 14.4. The van der Waals surface area contributed by atoms with Crippen LogP contribution in [0.4, 0.5) is 0 Å². The number of rotatable bonds is 29. The van der Waals surface area contributed by atoms with E-state index in [1.165, 1.54) is 38.6 Å². The van der Waals surface area contributed by atoms with Gasteiger partial charge in [-0.15, -0.1) is 0 Å². The van der Waals surface area contributed by atoms with Gasteiger partial charge in [-0.2, -0.15) is 11.8 Å². The third kappa shape index (κ3) is 17.6. The molecule has 428 valence electrons. The average molecular weight is 1110 g/mol. The summed E-state index contributed by atoms with van der Waals surface area (Å²) in [6.07, 6.45) is 4.50. The zero-order valence-electron chi connectivity index (χ0n) is 44.7. The molecule has 2 aromatic carbocycles. The maximum Gasteiger partial charge on any atom is 0.326 e. The van der Waals surface area contributed by atoms with Crippen LogP contribution in [0.1, 0.15) is 102 Å². The summed E-state index contributed by atoms with van der Waals surface area (Å²) in [5, 5.41) is 42.7. The first-order valence-electron chi connectivity index (χ1n) is 26.9. The predicted octanol–water partition coefficient (Wildman–Crippen LogP) is 0.389. The number of unbranched alkanes of at least 4 members (excludes halogenated alkanes) is 1. The van der Waals surface area contributed by atoms with Crippen LogP contribution >= 0.6 is 11.8 Å². The molecule has 24 heteroatoms. The highest BCUT2D eigenvalue weighted by Crippen LogP contribution is 2.25. The fourth-order valence-electron chi connectivity index (χ4n) is 10.1. The highest BCUT2D eigenvalue weighted by molar-refractivity contribution is 7.98. The van der Waals surface area contributed by atoms with Crippen molar-refractivity contribution in [2.24, 2.45) is 17.4 Å². The van der Waals surface area contributed by atoms with E-state index in [2.05, 4.69) is 26.6 Å². The fourth-order valence-corrected chi connectivity index (χ4v) is 10.6. The summed E-state index contributed by atoms with van der Waals surface area (Å²) in [5.41, 5.74) is 13.1. The molecule has 3 heterocycles. The number of hydrogen-bond acceptors (Lipinski definition) is 14. The molecule has 8 amide bonds. The molecule has 3 aliphatic rings. The normalized spacial score (nSPS) is 19.5. The van der Waals surface area contributed by atoms with Crippen LogP contribution in [0, 0.1) is 5.92 Å². The van der Waals surface area contributed by atoms with Gasteiger partial charge in [-0.05, 0) is 118 Å². The lowest BCUT2D eigenvalue weighted by Gasteiger charge is -2.33. The molecule has 12 N–H and O–H groups in total. The Morgan fingerprint density at radius 1 is 0.603 bits per heavy atom. The van der Waals surface area contributed by atoms with Crippen molar-refractivity contribution in [1.82, 2.24) is 41.3 Å². The Kier molecular flexibility index (Phi) is 24.2. The zero-order valence-corrected chi connectivity index (χ0v) is 45.5. The van der Waals surface area contributed by atoms with E-state index in [0.29, 0.717) is 49.0 Å². The molecule has 2 aromatic rings. The summed E-state index contributed by atoms with van der Waals surface area (Å²) in [5.74, 6) is -7.39. The number of aromatic hydroxyl groups is 1. The summed E-state index contributed by atoms with van der Waals surface area (Å²) in [4.78, 5) is 141. The van der Waals surface area contributed by atoms with Crippen LogP contribution in [0.15, 0.2) is 54.6 Å². The second-order valence-electron chi connectivity index (χ2n) is 20.5. The maximum atomic E-state index is 14.9. The first kappa shape index (κ1) is 62.1.